The number of amides is 1. The predicted molar refractivity (Wildman–Crippen MR) is 83.6 cm³/mol. The van der Waals surface area contributed by atoms with Crippen LogP contribution in [-0.2, 0) is 14.3 Å². The van der Waals surface area contributed by atoms with Crippen LogP contribution >= 0.6 is 0 Å². The van der Waals surface area contributed by atoms with Crippen molar-refractivity contribution in [3.63, 3.8) is 0 Å². The Balaban J connectivity index is 2.69. The third-order valence-corrected chi connectivity index (χ3v) is 5.45. The normalized spacial score (nSPS) is 21.5. The second kappa shape index (κ2) is 5.62. The van der Waals surface area contributed by atoms with E-state index >= 15 is 0 Å². The van der Waals surface area contributed by atoms with Gasteiger partial charge >= 0.3 is 5.97 Å². The minimum atomic E-state index is -0.762. The van der Waals surface area contributed by atoms with Crippen LogP contribution in [0, 0.1) is 28.1 Å². The predicted octanol–water partition coefficient (Wildman–Crippen LogP) is 3.01. The topological polar surface area (TPSA) is 55.4 Å². The van der Waals surface area contributed by atoms with Gasteiger partial charge in [-0.3, -0.25) is 9.59 Å². The Morgan fingerprint density at radius 2 is 1.62 bits per heavy atom. The summed E-state index contributed by atoms with van der Waals surface area (Å²) in [5, 5.41) is 2.96. The van der Waals surface area contributed by atoms with E-state index in [1.54, 1.807) is 6.92 Å². The zero-order valence-corrected chi connectivity index (χ0v) is 14.8. The van der Waals surface area contributed by atoms with Crippen LogP contribution in [0.15, 0.2) is 0 Å². The smallest absolute Gasteiger partial charge is 0.319 e. The maximum absolute atomic E-state index is 12.4. The molecule has 0 saturated heterocycles. The number of nitrogens with one attached hydrogen (secondary N) is 1. The van der Waals surface area contributed by atoms with Crippen molar-refractivity contribution < 1.29 is 14.3 Å². The average Bonchev–Trinajstić information content (AvgIpc) is 2.65. The van der Waals surface area contributed by atoms with E-state index in [-0.39, 0.29) is 16.7 Å². The standard InChI is InChI=1S/C17H31NO3/c1-9-21-14(20)12(15(2,3)4)13(19)18-10-11-16(5,6)17(11,7)8/h11-12H,9-10H2,1-8H3,(H,18,19). The minimum absolute atomic E-state index is 0.223. The second-order valence-electron chi connectivity index (χ2n) is 8.29. The average molecular weight is 297 g/mol. The zero-order chi connectivity index (χ0) is 16.6. The van der Waals surface area contributed by atoms with E-state index in [0.29, 0.717) is 19.1 Å². The van der Waals surface area contributed by atoms with Crippen molar-refractivity contribution in [1.82, 2.24) is 5.32 Å². The Labute approximate surface area is 129 Å². The number of carbonyl (C=O) groups is 2. The van der Waals surface area contributed by atoms with Crippen LogP contribution in [0.4, 0.5) is 0 Å². The van der Waals surface area contributed by atoms with Gasteiger partial charge in [0.15, 0.2) is 0 Å². The molecule has 0 aromatic carbocycles. The van der Waals surface area contributed by atoms with Crippen molar-refractivity contribution in [3.8, 4) is 0 Å². The molecule has 1 saturated carbocycles. The van der Waals surface area contributed by atoms with Gasteiger partial charge in [-0.25, -0.2) is 0 Å². The van der Waals surface area contributed by atoms with Gasteiger partial charge in [-0.15, -0.1) is 0 Å². The lowest BCUT2D eigenvalue weighted by atomic mass is 9.80. The van der Waals surface area contributed by atoms with Crippen LogP contribution in [0.1, 0.15) is 55.4 Å². The van der Waals surface area contributed by atoms with E-state index in [9.17, 15) is 9.59 Å². The molecule has 1 fully saturated rings. The van der Waals surface area contributed by atoms with E-state index < -0.39 is 17.3 Å². The molecule has 0 aromatic heterocycles. The van der Waals surface area contributed by atoms with Crippen LogP contribution in [0.5, 0.6) is 0 Å². The Morgan fingerprint density at radius 3 is 1.95 bits per heavy atom. The Hall–Kier alpha value is -1.06. The molecule has 1 aliphatic carbocycles. The molecule has 1 amide bonds. The van der Waals surface area contributed by atoms with Crippen molar-refractivity contribution in [3.05, 3.63) is 0 Å². The number of carbonyl (C=O) groups excluding carboxylic acids is 2. The highest BCUT2D eigenvalue weighted by Gasteiger charge is 2.64. The van der Waals surface area contributed by atoms with Gasteiger partial charge in [0.05, 0.1) is 6.61 Å². The molecule has 1 rings (SSSR count). The summed E-state index contributed by atoms with van der Waals surface area (Å²) < 4.78 is 5.06. The molecule has 0 bridgehead atoms. The van der Waals surface area contributed by atoms with Gasteiger partial charge in [0.1, 0.15) is 5.92 Å². The number of rotatable bonds is 5. The molecule has 4 heteroatoms. The first-order chi connectivity index (χ1) is 9.37. The Morgan fingerprint density at radius 1 is 1.14 bits per heavy atom. The molecule has 4 nitrogen and oxygen atoms in total. The lowest BCUT2D eigenvalue weighted by Gasteiger charge is -2.27. The van der Waals surface area contributed by atoms with Gasteiger partial charge in [0, 0.05) is 6.54 Å². The lowest BCUT2D eigenvalue weighted by molar-refractivity contribution is -0.156. The van der Waals surface area contributed by atoms with Crippen molar-refractivity contribution in [1.29, 1.82) is 0 Å². The summed E-state index contributed by atoms with van der Waals surface area (Å²) in [6, 6.07) is 0. The SMILES string of the molecule is CCOC(=O)C(C(=O)NCC1C(C)(C)C1(C)C)C(C)(C)C. The molecule has 0 radical (unpaired) electrons. The molecule has 0 heterocycles. The molecule has 21 heavy (non-hydrogen) atoms. The van der Waals surface area contributed by atoms with Crippen molar-refractivity contribution in [2.24, 2.45) is 28.1 Å². The summed E-state index contributed by atoms with van der Waals surface area (Å²) >= 11 is 0. The summed E-state index contributed by atoms with van der Waals surface area (Å²) in [7, 11) is 0. The summed E-state index contributed by atoms with van der Waals surface area (Å²) in [5.41, 5.74) is -0.00615. The van der Waals surface area contributed by atoms with E-state index in [0.717, 1.165) is 0 Å². The summed E-state index contributed by atoms with van der Waals surface area (Å²) in [6.07, 6.45) is 0. The number of hydrogen-bond acceptors (Lipinski definition) is 3. The summed E-state index contributed by atoms with van der Waals surface area (Å²) in [6.45, 7) is 17.2. The zero-order valence-electron chi connectivity index (χ0n) is 14.8. The minimum Gasteiger partial charge on any atom is -0.465 e. The molecule has 1 unspecified atom stereocenters. The maximum atomic E-state index is 12.4. The fourth-order valence-corrected chi connectivity index (χ4v) is 3.23. The van der Waals surface area contributed by atoms with E-state index in [1.807, 2.05) is 20.8 Å². The van der Waals surface area contributed by atoms with Gasteiger partial charge in [-0.2, -0.15) is 0 Å². The van der Waals surface area contributed by atoms with Gasteiger partial charge in [-0.05, 0) is 29.1 Å². The first-order valence-corrected chi connectivity index (χ1v) is 7.81. The van der Waals surface area contributed by atoms with Crippen LogP contribution < -0.4 is 5.32 Å². The summed E-state index contributed by atoms with van der Waals surface area (Å²) in [5.74, 6) is -0.976. The maximum Gasteiger partial charge on any atom is 0.319 e. The number of esters is 1. The third kappa shape index (κ3) is 3.41. The Bertz CT molecular complexity index is 404. The molecule has 1 N–H and O–H groups in total. The first-order valence-electron chi connectivity index (χ1n) is 7.81. The monoisotopic (exact) mass is 297 g/mol. The van der Waals surface area contributed by atoms with Crippen LogP contribution in [-0.4, -0.2) is 25.0 Å². The highest BCUT2D eigenvalue weighted by molar-refractivity contribution is 5.98. The van der Waals surface area contributed by atoms with Crippen LogP contribution in [0.25, 0.3) is 0 Å². The van der Waals surface area contributed by atoms with Crippen molar-refractivity contribution in [2.75, 3.05) is 13.2 Å². The van der Waals surface area contributed by atoms with Gasteiger partial charge < -0.3 is 10.1 Å². The van der Waals surface area contributed by atoms with Gasteiger partial charge in [0.25, 0.3) is 0 Å². The molecule has 1 atom stereocenters. The molecular weight excluding hydrogens is 266 g/mol. The molecule has 0 aliphatic heterocycles. The first kappa shape index (κ1) is 18.0. The van der Waals surface area contributed by atoms with Crippen LogP contribution in [0.2, 0.25) is 0 Å². The van der Waals surface area contributed by atoms with Crippen molar-refractivity contribution >= 4 is 11.9 Å². The fourth-order valence-electron chi connectivity index (χ4n) is 3.23. The fraction of sp³-hybridized carbons (Fsp3) is 0.882. The molecular formula is C17H31NO3. The molecule has 0 aromatic rings. The summed E-state index contributed by atoms with van der Waals surface area (Å²) in [4.78, 5) is 24.5. The van der Waals surface area contributed by atoms with E-state index in [1.165, 1.54) is 0 Å². The van der Waals surface area contributed by atoms with Gasteiger partial charge in [-0.1, -0.05) is 48.5 Å². The molecule has 0 spiro atoms. The Kier molecular flexibility index (Phi) is 4.81. The second-order valence-corrected chi connectivity index (χ2v) is 8.29. The van der Waals surface area contributed by atoms with E-state index in [2.05, 4.69) is 33.0 Å². The molecule has 122 valence electrons. The number of ether oxygens (including phenoxy) is 1. The third-order valence-electron chi connectivity index (χ3n) is 5.45. The van der Waals surface area contributed by atoms with Gasteiger partial charge in [0.2, 0.25) is 5.91 Å². The molecule has 1 aliphatic rings. The largest absolute Gasteiger partial charge is 0.465 e. The highest BCUT2D eigenvalue weighted by Crippen LogP contribution is 2.67. The van der Waals surface area contributed by atoms with Crippen molar-refractivity contribution in [2.45, 2.75) is 55.4 Å². The quantitative estimate of drug-likeness (QED) is 0.627. The highest BCUT2D eigenvalue weighted by atomic mass is 16.5. The van der Waals surface area contributed by atoms with Crippen LogP contribution in [0.3, 0.4) is 0 Å². The lowest BCUT2D eigenvalue weighted by Crippen LogP contribution is -2.44. The number of hydrogen-bond donors (Lipinski definition) is 1. The van der Waals surface area contributed by atoms with E-state index in [4.69, 9.17) is 4.74 Å².